The van der Waals surface area contributed by atoms with Crippen molar-refractivity contribution < 1.29 is 0 Å². The van der Waals surface area contributed by atoms with Gasteiger partial charge in [-0.05, 0) is 60.1 Å². The van der Waals surface area contributed by atoms with E-state index in [0.29, 0.717) is 0 Å². The summed E-state index contributed by atoms with van der Waals surface area (Å²) in [5.41, 5.74) is 5.49. The standard InChI is InChI=1S/C24H25Br/c25-24-17-9-16-23(19-24)22-15-8-14-21(18-22)13-5-2-1-4-10-20-11-6-3-7-12-20/h3,6-9,11-12,14-19H,1-2,4-5,10,13H2. The SMILES string of the molecule is Brc1cccc(-c2cccc(CCCCCCc3ccccc3)c2)c1. The van der Waals surface area contributed by atoms with Crippen LogP contribution in [0.25, 0.3) is 11.1 Å². The summed E-state index contributed by atoms with van der Waals surface area (Å²) < 4.78 is 1.13. The summed E-state index contributed by atoms with van der Waals surface area (Å²) in [5, 5.41) is 0. The van der Waals surface area contributed by atoms with Crippen molar-refractivity contribution in [1.29, 1.82) is 0 Å². The molecule has 0 amide bonds. The quantitative estimate of drug-likeness (QED) is 0.348. The molecule has 0 bridgehead atoms. The second kappa shape index (κ2) is 9.58. The molecule has 1 heteroatoms. The van der Waals surface area contributed by atoms with Gasteiger partial charge in [0, 0.05) is 4.47 Å². The first-order valence-electron chi connectivity index (χ1n) is 9.20. The zero-order valence-electron chi connectivity index (χ0n) is 14.6. The van der Waals surface area contributed by atoms with Gasteiger partial charge in [0.1, 0.15) is 0 Å². The van der Waals surface area contributed by atoms with E-state index in [1.807, 2.05) is 0 Å². The molecule has 0 atom stereocenters. The number of unbranched alkanes of at least 4 members (excludes halogenated alkanes) is 3. The lowest BCUT2D eigenvalue weighted by molar-refractivity contribution is 0.640. The summed E-state index contributed by atoms with van der Waals surface area (Å²) in [6.45, 7) is 0. The molecule has 0 nitrogen and oxygen atoms in total. The van der Waals surface area contributed by atoms with Crippen LogP contribution < -0.4 is 0 Å². The summed E-state index contributed by atoms with van der Waals surface area (Å²) >= 11 is 3.56. The highest BCUT2D eigenvalue weighted by Crippen LogP contribution is 2.24. The fraction of sp³-hybridized carbons (Fsp3) is 0.250. The molecule has 0 aliphatic heterocycles. The Morgan fingerprint density at radius 3 is 1.84 bits per heavy atom. The van der Waals surface area contributed by atoms with E-state index in [0.717, 1.165) is 4.47 Å². The number of benzene rings is 3. The number of halogens is 1. The first-order valence-corrected chi connectivity index (χ1v) is 9.99. The summed E-state index contributed by atoms with van der Waals surface area (Å²) in [7, 11) is 0. The lowest BCUT2D eigenvalue weighted by atomic mass is 9.99. The van der Waals surface area contributed by atoms with Crippen LogP contribution in [0.15, 0.2) is 83.3 Å². The summed E-state index contributed by atoms with van der Waals surface area (Å²) in [5.74, 6) is 0. The van der Waals surface area contributed by atoms with Crippen LogP contribution in [0.2, 0.25) is 0 Å². The highest BCUT2D eigenvalue weighted by Gasteiger charge is 2.01. The predicted molar refractivity (Wildman–Crippen MR) is 112 cm³/mol. The van der Waals surface area contributed by atoms with E-state index in [2.05, 4.69) is 94.8 Å². The summed E-state index contributed by atoms with van der Waals surface area (Å²) in [4.78, 5) is 0. The molecular formula is C24H25Br. The van der Waals surface area contributed by atoms with Crippen LogP contribution in [-0.2, 0) is 12.8 Å². The molecule has 0 N–H and O–H groups in total. The van der Waals surface area contributed by atoms with E-state index in [4.69, 9.17) is 0 Å². The van der Waals surface area contributed by atoms with Crippen LogP contribution in [0.5, 0.6) is 0 Å². The van der Waals surface area contributed by atoms with Crippen molar-refractivity contribution >= 4 is 15.9 Å². The Kier molecular flexibility index (Phi) is 6.88. The van der Waals surface area contributed by atoms with E-state index < -0.39 is 0 Å². The summed E-state index contributed by atoms with van der Waals surface area (Å²) in [6.07, 6.45) is 7.58. The molecule has 25 heavy (non-hydrogen) atoms. The minimum atomic E-state index is 1.13. The van der Waals surface area contributed by atoms with Crippen LogP contribution >= 0.6 is 15.9 Å². The lowest BCUT2D eigenvalue weighted by Gasteiger charge is -2.07. The Balaban J connectivity index is 1.43. The molecule has 0 unspecified atom stereocenters. The van der Waals surface area contributed by atoms with Crippen molar-refractivity contribution in [3.8, 4) is 11.1 Å². The molecule has 0 saturated carbocycles. The molecule has 0 aromatic heterocycles. The highest BCUT2D eigenvalue weighted by atomic mass is 79.9. The molecule has 0 aliphatic carbocycles. The van der Waals surface area contributed by atoms with Gasteiger partial charge in [0.2, 0.25) is 0 Å². The van der Waals surface area contributed by atoms with Crippen LogP contribution in [0.3, 0.4) is 0 Å². The van der Waals surface area contributed by atoms with Gasteiger partial charge >= 0.3 is 0 Å². The molecule has 0 aliphatic rings. The smallest absolute Gasteiger partial charge is 0.0181 e. The average Bonchev–Trinajstić information content (AvgIpc) is 2.66. The van der Waals surface area contributed by atoms with Crippen molar-refractivity contribution in [2.75, 3.05) is 0 Å². The first kappa shape index (κ1) is 17.9. The Bertz CT molecular complexity index is 777. The Hall–Kier alpha value is -1.86. The van der Waals surface area contributed by atoms with Gasteiger partial charge in [-0.3, -0.25) is 0 Å². The van der Waals surface area contributed by atoms with Gasteiger partial charge in [-0.2, -0.15) is 0 Å². The first-order chi connectivity index (χ1) is 12.3. The van der Waals surface area contributed by atoms with Crippen LogP contribution in [0.1, 0.15) is 36.8 Å². The number of hydrogen-bond acceptors (Lipinski definition) is 0. The average molecular weight is 393 g/mol. The maximum Gasteiger partial charge on any atom is 0.0181 e. The van der Waals surface area contributed by atoms with E-state index in [9.17, 15) is 0 Å². The Morgan fingerprint density at radius 1 is 0.520 bits per heavy atom. The lowest BCUT2D eigenvalue weighted by Crippen LogP contribution is -1.89. The molecule has 3 rings (SSSR count). The van der Waals surface area contributed by atoms with Crippen LogP contribution in [-0.4, -0.2) is 0 Å². The minimum absolute atomic E-state index is 1.13. The third kappa shape index (κ3) is 5.86. The molecule has 3 aromatic carbocycles. The molecular weight excluding hydrogens is 368 g/mol. The van der Waals surface area contributed by atoms with E-state index in [1.54, 1.807) is 0 Å². The normalized spacial score (nSPS) is 10.8. The molecule has 0 spiro atoms. The van der Waals surface area contributed by atoms with Gasteiger partial charge in [0.25, 0.3) is 0 Å². The van der Waals surface area contributed by atoms with Crippen molar-refractivity contribution in [2.45, 2.75) is 38.5 Å². The number of rotatable bonds is 8. The second-order valence-electron chi connectivity index (χ2n) is 6.61. The largest absolute Gasteiger partial charge is 0.0622 e. The van der Waals surface area contributed by atoms with Gasteiger partial charge in [-0.25, -0.2) is 0 Å². The second-order valence-corrected chi connectivity index (χ2v) is 7.53. The third-order valence-corrected chi connectivity index (χ3v) is 5.10. The van der Waals surface area contributed by atoms with Crippen molar-refractivity contribution in [3.05, 3.63) is 94.5 Å². The monoisotopic (exact) mass is 392 g/mol. The van der Waals surface area contributed by atoms with E-state index in [-0.39, 0.29) is 0 Å². The van der Waals surface area contributed by atoms with Crippen LogP contribution in [0.4, 0.5) is 0 Å². The van der Waals surface area contributed by atoms with Gasteiger partial charge in [0.15, 0.2) is 0 Å². The van der Waals surface area contributed by atoms with Gasteiger partial charge in [-0.15, -0.1) is 0 Å². The van der Waals surface area contributed by atoms with Crippen LogP contribution in [0, 0.1) is 0 Å². The zero-order valence-corrected chi connectivity index (χ0v) is 16.2. The maximum atomic E-state index is 3.56. The molecule has 0 heterocycles. The molecule has 3 aromatic rings. The van der Waals surface area contributed by atoms with Gasteiger partial charge < -0.3 is 0 Å². The van der Waals surface area contributed by atoms with E-state index in [1.165, 1.54) is 60.8 Å². The Morgan fingerprint density at radius 2 is 1.12 bits per heavy atom. The van der Waals surface area contributed by atoms with Crippen molar-refractivity contribution in [3.63, 3.8) is 0 Å². The number of hydrogen-bond donors (Lipinski definition) is 0. The highest BCUT2D eigenvalue weighted by molar-refractivity contribution is 9.10. The fourth-order valence-electron chi connectivity index (χ4n) is 3.23. The topological polar surface area (TPSA) is 0 Å². The summed E-state index contributed by atoms with van der Waals surface area (Å²) in [6, 6.07) is 28.3. The maximum absolute atomic E-state index is 3.56. The zero-order chi connectivity index (χ0) is 17.3. The molecule has 0 saturated heterocycles. The van der Waals surface area contributed by atoms with Crippen molar-refractivity contribution in [2.24, 2.45) is 0 Å². The predicted octanol–water partition coefficient (Wildman–Crippen LogP) is 7.46. The Labute approximate surface area is 160 Å². The van der Waals surface area contributed by atoms with E-state index >= 15 is 0 Å². The molecule has 0 radical (unpaired) electrons. The van der Waals surface area contributed by atoms with Gasteiger partial charge in [0.05, 0.1) is 0 Å². The van der Waals surface area contributed by atoms with Gasteiger partial charge in [-0.1, -0.05) is 95.5 Å². The van der Waals surface area contributed by atoms with Crippen molar-refractivity contribution in [1.82, 2.24) is 0 Å². The minimum Gasteiger partial charge on any atom is -0.0622 e. The molecule has 128 valence electrons. The third-order valence-electron chi connectivity index (χ3n) is 4.61. The molecule has 0 fully saturated rings. The number of aryl methyl sites for hydroxylation is 2. The fourth-order valence-corrected chi connectivity index (χ4v) is 3.63.